The van der Waals surface area contributed by atoms with E-state index in [-0.39, 0.29) is 51.6 Å². The third-order valence-electron chi connectivity index (χ3n) is 10.8. The first-order chi connectivity index (χ1) is 42.9. The first-order valence-electron chi connectivity index (χ1n) is 25.2. The minimum absolute atomic E-state index is 0.00962. The Balaban J connectivity index is 0.000000275. The number of allylic oxidation sites excluding steroid dienone is 1. The number of carboxylic acids is 2. The van der Waals surface area contributed by atoms with Gasteiger partial charge in [0.1, 0.15) is 16.5 Å². The number of nitrogens with zero attached hydrogens (tertiary/aromatic N) is 7. The molecule has 3 aromatic heterocycles. The van der Waals surface area contributed by atoms with Crippen LogP contribution in [0.5, 0.6) is 29.3 Å². The third kappa shape index (κ3) is 23.0. The molecule has 2 aliphatic rings. The summed E-state index contributed by atoms with van der Waals surface area (Å²) in [7, 11) is -7.66. The molecule has 0 radical (unpaired) electrons. The molecule has 7 rings (SSSR count). The number of hydrogen-bond donors (Lipinski definition) is 9. The number of sulfonamides is 2. The summed E-state index contributed by atoms with van der Waals surface area (Å²) in [4.78, 5) is 117. The van der Waals surface area contributed by atoms with Gasteiger partial charge in [-0.25, -0.2) is 51.3 Å². The number of nitrogens with one attached hydrogen (secondary N) is 5. The molecule has 1 aliphatic carbocycles. The van der Waals surface area contributed by atoms with Crippen molar-refractivity contribution < 1.29 is 125 Å². The smallest absolute Gasteiger partial charge is 0.427 e. The second kappa shape index (κ2) is 33.4. The number of aromatic nitrogens is 5. The van der Waals surface area contributed by atoms with Crippen LogP contribution in [-0.2, 0) is 38.9 Å². The molecule has 5 aromatic rings. The van der Waals surface area contributed by atoms with Crippen LogP contribution < -0.4 is 54.0 Å². The number of urea groups is 2. The minimum Gasteiger partial charge on any atom is -0.489 e. The molecular formula is C49H53ClF5N12O22PS2. The average molecular weight is 1390 g/mol. The van der Waals surface area contributed by atoms with Gasteiger partial charge < -0.3 is 53.3 Å². The lowest BCUT2D eigenvalue weighted by Crippen LogP contribution is -2.36. The molecule has 1 aliphatic heterocycles. The van der Waals surface area contributed by atoms with Crippen LogP contribution in [0.3, 0.4) is 0 Å². The zero-order valence-corrected chi connectivity index (χ0v) is 51.4. The van der Waals surface area contributed by atoms with Crippen LogP contribution in [0.25, 0.3) is 0 Å². The number of cyclic esters (lactones) is 1. The van der Waals surface area contributed by atoms with E-state index in [0.717, 1.165) is 43.9 Å². The predicted octanol–water partition coefficient (Wildman–Crippen LogP) is 5.36. The lowest BCUT2D eigenvalue weighted by atomic mass is 10.2. The molecule has 43 heteroatoms. The summed E-state index contributed by atoms with van der Waals surface area (Å²) in [5, 5.41) is 22.5. The van der Waals surface area contributed by atoms with Crippen LogP contribution in [0.15, 0.2) is 88.1 Å². The van der Waals surface area contributed by atoms with E-state index in [0.29, 0.717) is 16.5 Å². The van der Waals surface area contributed by atoms with E-state index in [2.05, 4.69) is 45.0 Å². The third-order valence-corrected chi connectivity index (χ3v) is 14.4. The summed E-state index contributed by atoms with van der Waals surface area (Å²) in [5.41, 5.74) is -0.521. The van der Waals surface area contributed by atoms with E-state index in [1.165, 1.54) is 80.5 Å². The monoisotopic (exact) mass is 1390 g/mol. The van der Waals surface area contributed by atoms with Crippen molar-refractivity contribution in [2.24, 2.45) is 0 Å². The van der Waals surface area contributed by atoms with Crippen molar-refractivity contribution in [3.05, 3.63) is 100 Å². The molecule has 0 atom stereocenters. The quantitative estimate of drug-likeness (QED) is 0.0253. The Hall–Kier alpha value is -9.67. The number of ether oxygens (including phenoxy) is 6. The molecule has 7 amide bonds. The van der Waals surface area contributed by atoms with Crippen molar-refractivity contribution in [1.82, 2.24) is 44.6 Å². The van der Waals surface area contributed by atoms with Gasteiger partial charge in [-0.2, -0.15) is 45.9 Å². The van der Waals surface area contributed by atoms with E-state index in [1.807, 2.05) is 0 Å². The second-order valence-corrected chi connectivity index (χ2v) is 23.4. The summed E-state index contributed by atoms with van der Waals surface area (Å²) in [6.45, 7) is -3.98. The van der Waals surface area contributed by atoms with Gasteiger partial charge in [0, 0.05) is 26.4 Å². The number of alkyl halides is 4. The molecule has 0 unspecified atom stereocenters. The van der Waals surface area contributed by atoms with Crippen molar-refractivity contribution in [2.45, 2.75) is 68.8 Å². The van der Waals surface area contributed by atoms with Gasteiger partial charge in [0.25, 0.3) is 26.0 Å². The molecule has 2 aromatic carbocycles. The number of carbonyl (C=O) groups excluding carboxylic acids is 5. The van der Waals surface area contributed by atoms with Crippen molar-refractivity contribution in [3.63, 3.8) is 0 Å². The molecule has 92 heavy (non-hydrogen) atoms. The summed E-state index contributed by atoms with van der Waals surface area (Å²) < 4.78 is 155. The molecular weight excluding hydrogens is 1330 g/mol. The molecule has 2 fully saturated rings. The molecule has 0 bridgehead atoms. The summed E-state index contributed by atoms with van der Waals surface area (Å²) in [6, 6.07) is 8.45. The molecule has 500 valence electrons. The second-order valence-electron chi connectivity index (χ2n) is 18.1. The van der Waals surface area contributed by atoms with Gasteiger partial charge >= 0.3 is 56.8 Å². The molecule has 1 saturated carbocycles. The fraction of sp³-hybridized carbons (Fsp3) is 0.306. The van der Waals surface area contributed by atoms with E-state index >= 15 is 0 Å². The van der Waals surface area contributed by atoms with Crippen molar-refractivity contribution in [3.8, 4) is 29.3 Å². The number of amides is 7. The van der Waals surface area contributed by atoms with Gasteiger partial charge in [-0.3, -0.25) is 34.9 Å². The van der Waals surface area contributed by atoms with Crippen molar-refractivity contribution in [1.29, 1.82) is 0 Å². The fourth-order valence-electron chi connectivity index (χ4n) is 7.08. The van der Waals surface area contributed by atoms with Crippen LogP contribution in [-0.4, -0.2) is 169 Å². The maximum absolute atomic E-state index is 14.3. The number of rotatable bonds is 21. The number of pyridine rings is 1. The maximum atomic E-state index is 14.3. The largest absolute Gasteiger partial charge is 0.489 e. The highest BCUT2D eigenvalue weighted by Gasteiger charge is 2.40. The van der Waals surface area contributed by atoms with Gasteiger partial charge in [-0.15, -0.1) is 0 Å². The zero-order chi connectivity index (χ0) is 69.0. The van der Waals surface area contributed by atoms with Crippen LogP contribution in [0, 0.1) is 5.82 Å². The molecule has 34 nitrogen and oxygen atoms in total. The summed E-state index contributed by atoms with van der Waals surface area (Å²) >= 11 is 6.04. The highest BCUT2D eigenvalue weighted by molar-refractivity contribution is 7.90. The highest BCUT2D eigenvalue weighted by Crippen LogP contribution is 2.38. The zero-order valence-electron chi connectivity index (χ0n) is 48.1. The fourth-order valence-corrected chi connectivity index (χ4v) is 9.82. The Labute approximate surface area is 521 Å². The number of aromatic carboxylic acids is 1. The number of carbonyl (C=O) groups is 7. The van der Waals surface area contributed by atoms with Gasteiger partial charge in [0.2, 0.25) is 35.4 Å². The number of halogens is 6. The van der Waals surface area contributed by atoms with Gasteiger partial charge in [0.15, 0.2) is 10.8 Å². The number of aliphatic carboxylic acids is 1. The first-order valence-corrected chi connectivity index (χ1v) is 30.4. The van der Waals surface area contributed by atoms with E-state index < -0.39 is 135 Å². The van der Waals surface area contributed by atoms with Crippen molar-refractivity contribution in [2.75, 3.05) is 56.7 Å². The Morgan fingerprint density at radius 3 is 1.77 bits per heavy atom. The van der Waals surface area contributed by atoms with Crippen LogP contribution in [0.2, 0.25) is 5.02 Å². The predicted molar refractivity (Wildman–Crippen MR) is 304 cm³/mol. The summed E-state index contributed by atoms with van der Waals surface area (Å²) in [5.74, 6) is -7.59. The average Bonchev–Trinajstić information content (AvgIpc) is 1.59. The van der Waals surface area contributed by atoms with Crippen molar-refractivity contribution >= 4 is 98.7 Å². The Morgan fingerprint density at radius 1 is 0.783 bits per heavy atom. The SMILES string of the molecule is CC(C)=C1OC(=O)N(c2cc(OC3CCCC3)c(Cl)cc2F)C1=O.COc1cc(OC)nc(NC(=O)NS(=O)(=O)c2ncccc2C(=O)N(C)C)n1.O=C(Nc1nc(OC(F)F)cc(OC(F)F)n1)NS(=O)(=O)c1ccccc1C(=O)O.O=C(O)CNCP(=O)(O)O. The normalized spacial score (nSPS) is 13.0. The van der Waals surface area contributed by atoms with E-state index in [9.17, 15) is 76.9 Å². The standard InChI is InChI=1S/C17H17ClFNO4.C15H18N6O6S.C14H10F4N4O7S.C3H8NO5P/c1-9(2)15-16(21)20(17(22)24-15)13-8-14(11(18)7-12(13)19)23-10-5-3-4-6-10;1-21(2)13(22)9-6-5-7-16-12(9)28(24,25)20-15(23)19-14-17-10(26-3)8-11(18-14)27-4;15-11(16)28-8-5-9(29-12(17)18)20-13(19-8)21-14(25)22-30(26,27)7-4-2-1-3-6(7)10(23)24;5-3(6)1-4-2-10(7,8)9/h7-8,10H,3-6H2,1-2H3;5-8H,1-4H3,(H2,17,18,19,20,23);1-5,11-12H,(H,23,24)(H2,19,20,21,22,25);4H,1-2H2,(H,5,6)(H2,7,8,9). The summed E-state index contributed by atoms with van der Waals surface area (Å²) in [6.07, 6.45) is 3.59. The molecule has 9 N–H and O–H groups in total. The van der Waals surface area contributed by atoms with Crippen LogP contribution in [0.4, 0.5) is 53.9 Å². The first kappa shape index (κ1) is 74.8. The number of methoxy groups -OCH3 is 2. The van der Waals surface area contributed by atoms with Gasteiger partial charge in [-0.05, 0) is 75.4 Å². The topological polar surface area (TPSA) is 472 Å². The number of anilines is 3. The van der Waals surface area contributed by atoms with Crippen LogP contribution in [0.1, 0.15) is 60.2 Å². The van der Waals surface area contributed by atoms with Gasteiger partial charge in [-0.1, -0.05) is 23.7 Å². The highest BCUT2D eigenvalue weighted by atomic mass is 35.5. The minimum atomic E-state index is -4.71. The van der Waals surface area contributed by atoms with E-state index in [4.69, 9.17) is 50.5 Å². The number of hydrogen-bond acceptors (Lipinski definition) is 24. The molecule has 1 saturated heterocycles. The Bertz CT molecular complexity index is 3820. The number of benzene rings is 2. The van der Waals surface area contributed by atoms with Gasteiger partial charge in [0.05, 0.1) is 67.1 Å². The maximum Gasteiger partial charge on any atom is 0.427 e. The lowest BCUT2D eigenvalue weighted by Gasteiger charge is -2.18. The lowest BCUT2D eigenvalue weighted by molar-refractivity contribution is -0.135. The number of imide groups is 1. The Kier molecular flexibility index (Phi) is 27.2. The number of carboxylic acid groups (broad SMARTS) is 2. The Morgan fingerprint density at radius 2 is 1.29 bits per heavy atom. The van der Waals surface area contributed by atoms with Crippen LogP contribution >= 0.6 is 19.2 Å². The van der Waals surface area contributed by atoms with E-state index in [1.54, 1.807) is 23.9 Å². The molecule has 4 heterocycles. The molecule has 0 spiro atoms.